The number of amides is 1. The highest BCUT2D eigenvalue weighted by molar-refractivity contribution is 7.98. The normalized spacial score (nSPS) is 17.7. The molecule has 1 heterocycles. The summed E-state index contributed by atoms with van der Waals surface area (Å²) in [6.07, 6.45) is 3.05. The third kappa shape index (κ3) is 6.93. The maximum atomic E-state index is 11.6. The van der Waals surface area contributed by atoms with Gasteiger partial charge in [0, 0.05) is 18.0 Å². The maximum Gasteiger partial charge on any atom is 0.407 e. The Morgan fingerprint density at radius 2 is 2.11 bits per heavy atom. The highest BCUT2D eigenvalue weighted by Crippen LogP contribution is 2.30. The molecule has 9 heteroatoms. The van der Waals surface area contributed by atoms with Gasteiger partial charge in [-0.25, -0.2) is 10.2 Å². The minimum atomic E-state index is -0.480. The molecule has 6 N–H and O–H groups in total. The number of hydrazine groups is 1. The van der Waals surface area contributed by atoms with Crippen LogP contribution in [0.2, 0.25) is 0 Å². The van der Waals surface area contributed by atoms with Gasteiger partial charge >= 0.3 is 6.09 Å². The van der Waals surface area contributed by atoms with E-state index in [4.69, 9.17) is 10.6 Å². The number of anilines is 2. The van der Waals surface area contributed by atoms with E-state index in [0.717, 1.165) is 30.1 Å². The minimum absolute atomic E-state index is 0.266. The Bertz CT molecular complexity index is 674. The van der Waals surface area contributed by atoms with Crippen molar-refractivity contribution in [2.24, 2.45) is 10.8 Å². The Morgan fingerprint density at radius 3 is 2.78 bits per heavy atom. The summed E-state index contributed by atoms with van der Waals surface area (Å²) in [7, 11) is 0. The third-order valence-electron chi connectivity index (χ3n) is 3.76. The van der Waals surface area contributed by atoms with Crippen LogP contribution >= 0.6 is 11.8 Å². The first-order valence-electron chi connectivity index (χ1n) is 9.01. The molecule has 0 bridgehead atoms. The van der Waals surface area contributed by atoms with E-state index < -0.39 is 5.60 Å². The zero-order valence-corrected chi connectivity index (χ0v) is 17.2. The SMILES string of the molecule is CSc1ccc2c(c1)NC(=NCCCCNC(=O)OC(C)(C)C)C(NN)N2. The van der Waals surface area contributed by atoms with Crippen molar-refractivity contribution in [1.29, 1.82) is 0 Å². The van der Waals surface area contributed by atoms with Gasteiger partial charge in [-0.1, -0.05) is 0 Å². The number of fused-ring (bicyclic) bond motifs is 1. The van der Waals surface area contributed by atoms with Crippen molar-refractivity contribution in [2.45, 2.75) is 50.3 Å². The first-order valence-corrected chi connectivity index (χ1v) is 10.2. The van der Waals surface area contributed by atoms with E-state index in [0.29, 0.717) is 13.1 Å². The summed E-state index contributed by atoms with van der Waals surface area (Å²) in [6, 6.07) is 6.17. The second kappa shape index (κ2) is 9.82. The fraction of sp³-hybridized carbons (Fsp3) is 0.556. The molecule has 0 fully saturated rings. The Balaban J connectivity index is 1.80. The molecule has 0 aromatic heterocycles. The number of aliphatic imine (C=N–C) groups is 1. The molecule has 1 aromatic carbocycles. The molecule has 0 saturated carbocycles. The molecule has 0 aliphatic carbocycles. The molecule has 0 radical (unpaired) electrons. The number of carbonyl (C=O) groups is 1. The molecular weight excluding hydrogens is 364 g/mol. The van der Waals surface area contributed by atoms with Gasteiger partial charge in [0.25, 0.3) is 0 Å². The van der Waals surface area contributed by atoms with Crippen LogP contribution in [0.25, 0.3) is 0 Å². The van der Waals surface area contributed by atoms with Crippen LogP contribution in [0, 0.1) is 0 Å². The largest absolute Gasteiger partial charge is 0.444 e. The van der Waals surface area contributed by atoms with Crippen molar-refractivity contribution in [3.63, 3.8) is 0 Å². The van der Waals surface area contributed by atoms with Crippen LogP contribution < -0.4 is 27.2 Å². The molecule has 2 rings (SSSR count). The lowest BCUT2D eigenvalue weighted by atomic mass is 10.2. The van der Waals surface area contributed by atoms with E-state index in [1.165, 1.54) is 4.90 Å². The standard InChI is InChI=1S/C18H30N6O2S/c1-18(2,3)26-17(25)21-10-6-5-9-20-15-16(24-19)22-13-8-7-12(27-4)11-14(13)23-15/h7-8,11,16,22,24H,5-6,9-10,19H2,1-4H3,(H,20,23)(H,21,25). The number of amidine groups is 1. The Kier molecular flexibility index (Phi) is 7.76. The van der Waals surface area contributed by atoms with Crippen LogP contribution in [0.1, 0.15) is 33.6 Å². The zero-order valence-electron chi connectivity index (χ0n) is 16.4. The van der Waals surface area contributed by atoms with E-state index >= 15 is 0 Å². The number of unbranched alkanes of at least 4 members (excludes halogenated alkanes) is 1. The fourth-order valence-electron chi connectivity index (χ4n) is 2.51. The number of thioether (sulfide) groups is 1. The van der Waals surface area contributed by atoms with Gasteiger partial charge in [0.2, 0.25) is 0 Å². The Hall–Kier alpha value is -1.97. The molecule has 1 aliphatic rings. The van der Waals surface area contributed by atoms with Gasteiger partial charge in [0.15, 0.2) is 0 Å². The molecule has 1 aliphatic heterocycles. The van der Waals surface area contributed by atoms with Crippen molar-refractivity contribution in [3.8, 4) is 0 Å². The average molecular weight is 395 g/mol. The van der Waals surface area contributed by atoms with Crippen LogP contribution in [0.3, 0.4) is 0 Å². The maximum absolute atomic E-state index is 11.6. The number of ether oxygens (including phenoxy) is 1. The lowest BCUT2D eigenvalue weighted by Gasteiger charge is -2.29. The van der Waals surface area contributed by atoms with Crippen LogP contribution in [-0.4, -0.2) is 43.0 Å². The second-order valence-electron chi connectivity index (χ2n) is 7.18. The number of nitrogens with two attached hydrogens (primary N) is 1. The summed E-state index contributed by atoms with van der Waals surface area (Å²) >= 11 is 1.69. The summed E-state index contributed by atoms with van der Waals surface area (Å²) in [5.74, 6) is 6.40. The predicted molar refractivity (Wildman–Crippen MR) is 112 cm³/mol. The summed E-state index contributed by atoms with van der Waals surface area (Å²) in [5.41, 5.74) is 4.22. The number of hydrogen-bond acceptors (Lipinski definition) is 7. The molecular formula is C18H30N6O2S. The quantitative estimate of drug-likeness (QED) is 0.209. The molecule has 150 valence electrons. The van der Waals surface area contributed by atoms with Gasteiger partial charge in [-0.2, -0.15) is 0 Å². The fourth-order valence-corrected chi connectivity index (χ4v) is 2.95. The Labute approximate surface area is 165 Å². The summed E-state index contributed by atoms with van der Waals surface area (Å²) in [6.45, 7) is 6.72. The highest BCUT2D eigenvalue weighted by atomic mass is 32.2. The third-order valence-corrected chi connectivity index (χ3v) is 4.49. The van der Waals surface area contributed by atoms with Crippen LogP contribution in [-0.2, 0) is 4.74 Å². The van der Waals surface area contributed by atoms with E-state index in [1.54, 1.807) is 11.8 Å². The van der Waals surface area contributed by atoms with E-state index in [-0.39, 0.29) is 12.3 Å². The molecule has 0 spiro atoms. The topological polar surface area (TPSA) is 113 Å². The number of nitrogens with one attached hydrogen (secondary N) is 4. The first kappa shape index (κ1) is 21.3. The number of carbonyl (C=O) groups excluding carboxylic acids is 1. The summed E-state index contributed by atoms with van der Waals surface area (Å²) < 4.78 is 5.20. The average Bonchev–Trinajstić information content (AvgIpc) is 2.61. The molecule has 27 heavy (non-hydrogen) atoms. The molecule has 1 aromatic rings. The van der Waals surface area contributed by atoms with Gasteiger partial charge in [0.05, 0.1) is 11.4 Å². The van der Waals surface area contributed by atoms with Gasteiger partial charge in [-0.15, -0.1) is 11.8 Å². The van der Waals surface area contributed by atoms with Crippen molar-refractivity contribution in [1.82, 2.24) is 10.7 Å². The number of alkyl carbamates (subject to hydrolysis) is 1. The van der Waals surface area contributed by atoms with Gasteiger partial charge in [-0.3, -0.25) is 10.8 Å². The van der Waals surface area contributed by atoms with Crippen LogP contribution in [0.15, 0.2) is 28.1 Å². The van der Waals surface area contributed by atoms with Crippen LogP contribution in [0.4, 0.5) is 16.2 Å². The van der Waals surface area contributed by atoms with Crippen LogP contribution in [0.5, 0.6) is 0 Å². The van der Waals surface area contributed by atoms with Gasteiger partial charge < -0.3 is 20.7 Å². The van der Waals surface area contributed by atoms with Crippen molar-refractivity contribution in [2.75, 3.05) is 30.0 Å². The number of benzene rings is 1. The van der Waals surface area contributed by atoms with Crippen molar-refractivity contribution in [3.05, 3.63) is 18.2 Å². The monoisotopic (exact) mass is 394 g/mol. The molecule has 1 atom stereocenters. The van der Waals surface area contributed by atoms with Crippen molar-refractivity contribution >= 4 is 35.1 Å². The smallest absolute Gasteiger partial charge is 0.407 e. The summed E-state index contributed by atoms with van der Waals surface area (Å²) in [5, 5.41) is 9.43. The van der Waals surface area contributed by atoms with E-state index in [2.05, 4.69) is 38.5 Å². The first-order chi connectivity index (χ1) is 12.8. The highest BCUT2D eigenvalue weighted by Gasteiger charge is 2.22. The molecule has 1 unspecified atom stereocenters. The van der Waals surface area contributed by atoms with Gasteiger partial charge in [0.1, 0.15) is 17.6 Å². The lowest BCUT2D eigenvalue weighted by Crippen LogP contribution is -2.52. The minimum Gasteiger partial charge on any atom is -0.444 e. The van der Waals surface area contributed by atoms with Crippen molar-refractivity contribution < 1.29 is 9.53 Å². The number of hydrogen-bond donors (Lipinski definition) is 5. The lowest BCUT2D eigenvalue weighted by molar-refractivity contribution is 0.0527. The predicted octanol–water partition coefficient (Wildman–Crippen LogP) is 2.74. The van der Waals surface area contributed by atoms with E-state index in [9.17, 15) is 4.79 Å². The number of rotatable bonds is 7. The summed E-state index contributed by atoms with van der Waals surface area (Å²) in [4.78, 5) is 17.4. The van der Waals surface area contributed by atoms with E-state index in [1.807, 2.05) is 33.1 Å². The zero-order chi connectivity index (χ0) is 19.9. The molecule has 1 amide bonds. The second-order valence-corrected chi connectivity index (χ2v) is 8.06. The molecule has 8 nitrogen and oxygen atoms in total. The van der Waals surface area contributed by atoms with Gasteiger partial charge in [-0.05, 0) is 58.1 Å². The number of nitrogens with zero attached hydrogens (tertiary/aromatic N) is 1. The Morgan fingerprint density at radius 1 is 1.33 bits per heavy atom. The molecule has 0 saturated heterocycles.